The van der Waals surface area contributed by atoms with Crippen molar-refractivity contribution >= 4 is 0 Å². The molecule has 0 fully saturated rings. The highest BCUT2D eigenvalue weighted by Crippen LogP contribution is 2.11. The van der Waals surface area contributed by atoms with Crippen molar-refractivity contribution in [2.75, 3.05) is 20.1 Å². The van der Waals surface area contributed by atoms with Crippen LogP contribution in [0.2, 0.25) is 0 Å². The lowest BCUT2D eigenvalue weighted by molar-refractivity contribution is -0.915. The van der Waals surface area contributed by atoms with E-state index in [0.717, 1.165) is 24.1 Å². The Morgan fingerprint density at radius 3 is 2.43 bits per heavy atom. The van der Waals surface area contributed by atoms with Gasteiger partial charge in [-0.15, -0.1) is 0 Å². The van der Waals surface area contributed by atoms with Crippen LogP contribution in [0.4, 0.5) is 0 Å². The van der Waals surface area contributed by atoms with Gasteiger partial charge in [0.25, 0.3) is 0 Å². The number of benzene rings is 1. The molecule has 0 aliphatic heterocycles. The van der Waals surface area contributed by atoms with E-state index < -0.39 is 0 Å². The fourth-order valence-corrected chi connectivity index (χ4v) is 1.64. The van der Waals surface area contributed by atoms with E-state index in [4.69, 9.17) is 0 Å². The maximum Gasteiger partial charge on any atom is 0.104 e. The van der Waals surface area contributed by atoms with Crippen LogP contribution in [0.5, 0.6) is 0 Å². The van der Waals surface area contributed by atoms with E-state index in [2.05, 4.69) is 50.9 Å². The second-order valence-electron chi connectivity index (χ2n) is 4.05. The largest absolute Gasteiger partial charge is 0.319 e. The van der Waals surface area contributed by atoms with Crippen molar-refractivity contribution in [2.24, 2.45) is 0 Å². The molecule has 0 aliphatic rings. The Labute approximate surface area is 87.3 Å². The molecule has 0 heterocycles. The Morgan fingerprint density at radius 2 is 1.93 bits per heavy atom. The molecule has 1 nitrogen and oxygen atoms in total. The van der Waals surface area contributed by atoms with Gasteiger partial charge in [-0.1, -0.05) is 36.9 Å². The lowest BCUT2D eigenvalue weighted by atomic mass is 10.2. The first-order valence-electron chi connectivity index (χ1n) is 5.18. The quantitative estimate of drug-likeness (QED) is 0.495. The highest BCUT2D eigenvalue weighted by atomic mass is 15.3. The van der Waals surface area contributed by atoms with Crippen LogP contribution in [0.15, 0.2) is 43.0 Å². The number of nitrogens with zero attached hydrogens (tertiary/aromatic N) is 1. The molecule has 76 valence electrons. The zero-order chi connectivity index (χ0) is 10.4. The minimum absolute atomic E-state index is 1.03. The average Bonchev–Trinajstić information content (AvgIpc) is 2.20. The molecule has 1 rings (SSSR count). The summed E-state index contributed by atoms with van der Waals surface area (Å²) in [4.78, 5) is 0. The topological polar surface area (TPSA) is 0 Å². The van der Waals surface area contributed by atoms with Crippen molar-refractivity contribution in [3.63, 3.8) is 0 Å². The SMILES string of the molecule is C=CC[N+](C)(CC)Cc1ccccc1. The van der Waals surface area contributed by atoms with Gasteiger partial charge in [0.1, 0.15) is 6.54 Å². The second-order valence-corrected chi connectivity index (χ2v) is 4.05. The molecule has 1 aromatic rings. The number of rotatable bonds is 5. The van der Waals surface area contributed by atoms with Crippen LogP contribution >= 0.6 is 0 Å². The Bertz CT molecular complexity index is 279. The van der Waals surface area contributed by atoms with E-state index in [0.29, 0.717) is 0 Å². The first-order chi connectivity index (χ1) is 6.70. The molecule has 0 aromatic heterocycles. The lowest BCUT2D eigenvalue weighted by Crippen LogP contribution is -2.42. The van der Waals surface area contributed by atoms with E-state index in [-0.39, 0.29) is 0 Å². The normalized spacial score (nSPS) is 14.7. The number of hydrogen-bond donors (Lipinski definition) is 0. The van der Waals surface area contributed by atoms with Crippen molar-refractivity contribution in [3.05, 3.63) is 48.6 Å². The minimum atomic E-state index is 1.03. The fraction of sp³-hybridized carbons (Fsp3) is 0.385. The van der Waals surface area contributed by atoms with E-state index in [1.165, 1.54) is 5.56 Å². The Balaban J connectivity index is 2.70. The van der Waals surface area contributed by atoms with Gasteiger partial charge < -0.3 is 4.48 Å². The minimum Gasteiger partial charge on any atom is -0.319 e. The third kappa shape index (κ3) is 3.00. The van der Waals surface area contributed by atoms with Crippen molar-refractivity contribution in [1.29, 1.82) is 0 Å². The molecule has 1 heteroatoms. The van der Waals surface area contributed by atoms with Gasteiger partial charge in [-0.2, -0.15) is 0 Å². The summed E-state index contributed by atoms with van der Waals surface area (Å²) in [6, 6.07) is 10.6. The molecule has 14 heavy (non-hydrogen) atoms. The van der Waals surface area contributed by atoms with Crippen LogP contribution in [0, 0.1) is 0 Å². The maximum atomic E-state index is 3.82. The lowest BCUT2D eigenvalue weighted by Gasteiger charge is -2.32. The summed E-state index contributed by atoms with van der Waals surface area (Å²) in [6.07, 6.45) is 2.01. The average molecular weight is 190 g/mol. The summed E-state index contributed by atoms with van der Waals surface area (Å²) in [7, 11) is 2.27. The van der Waals surface area contributed by atoms with Gasteiger partial charge in [-0.05, 0) is 13.0 Å². The fourth-order valence-electron chi connectivity index (χ4n) is 1.64. The van der Waals surface area contributed by atoms with Gasteiger partial charge >= 0.3 is 0 Å². The molecule has 0 N–H and O–H groups in total. The third-order valence-electron chi connectivity index (χ3n) is 2.74. The van der Waals surface area contributed by atoms with Gasteiger partial charge in [0.2, 0.25) is 0 Å². The molecule has 0 spiro atoms. The van der Waals surface area contributed by atoms with Crippen LogP contribution in [-0.4, -0.2) is 24.6 Å². The first kappa shape index (κ1) is 11.0. The molecular weight excluding hydrogens is 170 g/mol. The highest BCUT2D eigenvalue weighted by molar-refractivity contribution is 5.13. The smallest absolute Gasteiger partial charge is 0.104 e. The summed E-state index contributed by atoms with van der Waals surface area (Å²) in [5.74, 6) is 0. The maximum absolute atomic E-state index is 3.82. The predicted molar refractivity (Wildman–Crippen MR) is 61.9 cm³/mol. The molecule has 1 aromatic carbocycles. The van der Waals surface area contributed by atoms with Crippen LogP contribution in [-0.2, 0) is 6.54 Å². The van der Waals surface area contributed by atoms with Gasteiger partial charge in [0.05, 0.1) is 20.1 Å². The third-order valence-corrected chi connectivity index (χ3v) is 2.74. The molecule has 1 unspecified atom stereocenters. The highest BCUT2D eigenvalue weighted by Gasteiger charge is 2.17. The number of quaternary nitrogens is 1. The standard InChI is InChI=1S/C13H20N/c1-4-11-14(3,5-2)12-13-9-7-6-8-10-13/h4,6-10H,1,5,11-12H2,2-3H3/q+1. The van der Waals surface area contributed by atoms with Crippen molar-refractivity contribution in [1.82, 2.24) is 0 Å². The number of hydrogen-bond acceptors (Lipinski definition) is 0. The zero-order valence-electron chi connectivity index (χ0n) is 9.24. The van der Waals surface area contributed by atoms with Crippen molar-refractivity contribution < 1.29 is 4.48 Å². The van der Waals surface area contributed by atoms with Gasteiger partial charge in [-0.3, -0.25) is 0 Å². The molecule has 0 saturated carbocycles. The van der Waals surface area contributed by atoms with E-state index in [1.54, 1.807) is 0 Å². The zero-order valence-corrected chi connectivity index (χ0v) is 9.24. The van der Waals surface area contributed by atoms with Crippen molar-refractivity contribution in [2.45, 2.75) is 13.5 Å². The Kier molecular flexibility index (Phi) is 3.90. The van der Waals surface area contributed by atoms with Gasteiger partial charge in [0.15, 0.2) is 0 Å². The molecular formula is C13H20N+. The summed E-state index contributed by atoms with van der Waals surface area (Å²) < 4.78 is 1.04. The molecule has 0 bridgehead atoms. The predicted octanol–water partition coefficient (Wildman–Crippen LogP) is 2.84. The van der Waals surface area contributed by atoms with E-state index >= 15 is 0 Å². The molecule has 1 atom stereocenters. The molecule has 0 saturated heterocycles. The summed E-state index contributed by atoms with van der Waals surface area (Å²) in [6.45, 7) is 9.31. The molecule has 0 radical (unpaired) electrons. The van der Waals surface area contributed by atoms with Gasteiger partial charge in [-0.25, -0.2) is 0 Å². The summed E-state index contributed by atoms with van der Waals surface area (Å²) >= 11 is 0. The van der Waals surface area contributed by atoms with Crippen molar-refractivity contribution in [3.8, 4) is 0 Å². The first-order valence-corrected chi connectivity index (χ1v) is 5.18. The monoisotopic (exact) mass is 190 g/mol. The Hall–Kier alpha value is -1.08. The Morgan fingerprint density at radius 1 is 1.29 bits per heavy atom. The van der Waals surface area contributed by atoms with Gasteiger partial charge in [0, 0.05) is 5.56 Å². The van der Waals surface area contributed by atoms with Crippen LogP contribution in [0.1, 0.15) is 12.5 Å². The van der Waals surface area contributed by atoms with E-state index in [9.17, 15) is 0 Å². The van der Waals surface area contributed by atoms with E-state index in [1.807, 2.05) is 6.08 Å². The number of likely N-dealkylation sites (N-methyl/N-ethyl adjacent to an activating group) is 1. The molecule has 0 aliphatic carbocycles. The summed E-state index contributed by atoms with van der Waals surface area (Å²) in [5, 5.41) is 0. The molecule has 0 amide bonds. The second kappa shape index (κ2) is 4.97. The van der Waals surface area contributed by atoms with Crippen LogP contribution in [0.25, 0.3) is 0 Å². The van der Waals surface area contributed by atoms with Crippen LogP contribution < -0.4 is 0 Å². The summed E-state index contributed by atoms with van der Waals surface area (Å²) in [5.41, 5.74) is 1.40. The van der Waals surface area contributed by atoms with Crippen LogP contribution in [0.3, 0.4) is 0 Å².